The summed E-state index contributed by atoms with van der Waals surface area (Å²) in [4.78, 5) is 17.9. The summed E-state index contributed by atoms with van der Waals surface area (Å²) in [6.45, 7) is 0.786. The van der Waals surface area contributed by atoms with Crippen LogP contribution in [0.3, 0.4) is 0 Å². The van der Waals surface area contributed by atoms with E-state index in [1.165, 1.54) is 10.9 Å². The number of benzene rings is 1. The molecule has 3 heterocycles. The number of halogens is 2. The van der Waals surface area contributed by atoms with Gasteiger partial charge in [-0.1, -0.05) is 6.07 Å². The van der Waals surface area contributed by atoms with Crippen molar-refractivity contribution in [2.75, 3.05) is 13.1 Å². The second-order valence-corrected chi connectivity index (χ2v) is 6.49. The van der Waals surface area contributed by atoms with Gasteiger partial charge in [0.15, 0.2) is 0 Å². The van der Waals surface area contributed by atoms with Crippen LogP contribution in [-0.4, -0.2) is 56.2 Å². The molecule has 2 aromatic heterocycles. The van der Waals surface area contributed by atoms with E-state index in [9.17, 15) is 13.6 Å². The van der Waals surface area contributed by atoms with Crippen LogP contribution in [0.4, 0.5) is 8.78 Å². The van der Waals surface area contributed by atoms with E-state index < -0.39 is 6.43 Å². The maximum atomic E-state index is 12.7. The summed E-state index contributed by atoms with van der Waals surface area (Å²) in [6, 6.07) is 7.27. The number of piperidine rings is 1. The normalized spacial score (nSPS) is 15.6. The summed E-state index contributed by atoms with van der Waals surface area (Å²) in [5.74, 6) is 0.747. The molecule has 7 nitrogen and oxygen atoms in total. The highest BCUT2D eigenvalue weighted by Crippen LogP contribution is 2.29. The molecule has 0 saturated carbocycles. The lowest BCUT2D eigenvalue weighted by Crippen LogP contribution is -2.42. The molecule has 1 aliphatic heterocycles. The van der Waals surface area contributed by atoms with E-state index in [4.69, 9.17) is 4.74 Å². The molecule has 0 aliphatic carbocycles. The van der Waals surface area contributed by atoms with E-state index in [0.717, 1.165) is 10.9 Å². The standard InChI is InChI=1S/C18H19F2N5O2/c19-16(20)10-25-9-6-13-14(25)2-1-3-15(13)27-12-4-7-24(8-5-12)18(26)17-21-11-22-23-17/h1-3,6,9,11-12,16H,4-5,7-8,10H2,(H,21,22,23). The number of fused-ring (bicyclic) bond motifs is 1. The van der Waals surface area contributed by atoms with E-state index in [1.54, 1.807) is 17.2 Å². The number of aromatic amines is 1. The quantitative estimate of drug-likeness (QED) is 0.744. The molecule has 0 atom stereocenters. The van der Waals surface area contributed by atoms with Gasteiger partial charge in [0, 0.05) is 37.5 Å². The highest BCUT2D eigenvalue weighted by Gasteiger charge is 2.26. The molecular weight excluding hydrogens is 356 g/mol. The Labute approximate surface area is 153 Å². The lowest BCUT2D eigenvalue weighted by atomic mass is 10.1. The van der Waals surface area contributed by atoms with Gasteiger partial charge in [-0.05, 0) is 18.2 Å². The number of alkyl halides is 2. The summed E-state index contributed by atoms with van der Waals surface area (Å²) in [6.07, 6.45) is 1.90. The molecule has 0 unspecified atom stereocenters. The summed E-state index contributed by atoms with van der Waals surface area (Å²) in [7, 11) is 0. The largest absolute Gasteiger partial charge is 0.490 e. The molecule has 1 aromatic carbocycles. The molecule has 1 saturated heterocycles. The number of nitrogens with zero attached hydrogens (tertiary/aromatic N) is 4. The molecule has 1 aliphatic rings. The second-order valence-electron chi connectivity index (χ2n) is 6.49. The maximum absolute atomic E-state index is 12.7. The number of carbonyl (C=O) groups excluding carboxylic acids is 1. The summed E-state index contributed by atoms with van der Waals surface area (Å²) < 4.78 is 33.1. The first-order valence-corrected chi connectivity index (χ1v) is 8.79. The van der Waals surface area contributed by atoms with Crippen LogP contribution in [0.5, 0.6) is 5.75 Å². The lowest BCUT2D eigenvalue weighted by Gasteiger charge is -2.31. The minimum atomic E-state index is -2.41. The molecular formula is C18H19F2N5O2. The predicted octanol–water partition coefficient (Wildman–Crippen LogP) is 2.71. The zero-order valence-corrected chi connectivity index (χ0v) is 14.5. The Bertz CT molecular complexity index is 917. The van der Waals surface area contributed by atoms with Gasteiger partial charge >= 0.3 is 0 Å². The van der Waals surface area contributed by atoms with Gasteiger partial charge in [-0.2, -0.15) is 5.10 Å². The fourth-order valence-corrected chi connectivity index (χ4v) is 3.42. The van der Waals surface area contributed by atoms with Gasteiger partial charge in [-0.3, -0.25) is 9.89 Å². The number of ether oxygens (including phenoxy) is 1. The zero-order chi connectivity index (χ0) is 18.8. The topological polar surface area (TPSA) is 76.0 Å². The number of hydrogen-bond donors (Lipinski definition) is 1. The molecule has 27 heavy (non-hydrogen) atoms. The van der Waals surface area contributed by atoms with E-state index in [0.29, 0.717) is 31.7 Å². The fourth-order valence-electron chi connectivity index (χ4n) is 3.42. The molecule has 142 valence electrons. The molecule has 0 radical (unpaired) electrons. The Morgan fingerprint density at radius 1 is 1.30 bits per heavy atom. The molecule has 9 heteroatoms. The van der Waals surface area contributed by atoms with Gasteiger partial charge in [-0.25, -0.2) is 13.8 Å². The van der Waals surface area contributed by atoms with E-state index in [-0.39, 0.29) is 24.4 Å². The first-order valence-electron chi connectivity index (χ1n) is 8.79. The molecule has 0 spiro atoms. The lowest BCUT2D eigenvalue weighted by molar-refractivity contribution is 0.0587. The third-order valence-electron chi connectivity index (χ3n) is 4.75. The van der Waals surface area contributed by atoms with Crippen LogP contribution in [0.2, 0.25) is 0 Å². The maximum Gasteiger partial charge on any atom is 0.291 e. The van der Waals surface area contributed by atoms with Gasteiger partial charge in [0.25, 0.3) is 12.3 Å². The van der Waals surface area contributed by atoms with E-state index >= 15 is 0 Å². The Morgan fingerprint density at radius 2 is 2.11 bits per heavy atom. The number of amides is 1. The van der Waals surface area contributed by atoms with Crippen LogP contribution in [0.15, 0.2) is 36.8 Å². The first-order chi connectivity index (χ1) is 13.1. The van der Waals surface area contributed by atoms with Crippen LogP contribution in [0.25, 0.3) is 10.9 Å². The van der Waals surface area contributed by atoms with Crippen LogP contribution in [-0.2, 0) is 6.54 Å². The summed E-state index contributed by atoms with van der Waals surface area (Å²) in [5, 5.41) is 7.10. The van der Waals surface area contributed by atoms with E-state index in [1.807, 2.05) is 18.2 Å². The Kier molecular flexibility index (Phi) is 4.74. The number of H-pyrrole nitrogens is 1. The number of carbonyl (C=O) groups is 1. The van der Waals surface area contributed by atoms with Crippen LogP contribution in [0.1, 0.15) is 23.5 Å². The predicted molar refractivity (Wildman–Crippen MR) is 93.9 cm³/mol. The van der Waals surface area contributed by atoms with Crippen LogP contribution in [0, 0.1) is 0 Å². The number of hydrogen-bond acceptors (Lipinski definition) is 4. The summed E-state index contributed by atoms with van der Waals surface area (Å²) >= 11 is 0. The van der Waals surface area contributed by atoms with Crippen molar-refractivity contribution < 1.29 is 18.3 Å². The third kappa shape index (κ3) is 3.62. The minimum absolute atomic E-state index is 0.0344. The van der Waals surface area contributed by atoms with Gasteiger partial charge < -0.3 is 14.2 Å². The molecule has 3 aromatic rings. The third-order valence-corrected chi connectivity index (χ3v) is 4.75. The van der Waals surface area contributed by atoms with Crippen molar-refractivity contribution in [2.45, 2.75) is 31.9 Å². The monoisotopic (exact) mass is 375 g/mol. The first kappa shape index (κ1) is 17.4. The molecule has 1 fully saturated rings. The van der Waals surface area contributed by atoms with Crippen molar-refractivity contribution in [1.29, 1.82) is 0 Å². The van der Waals surface area contributed by atoms with Gasteiger partial charge in [0.2, 0.25) is 5.82 Å². The van der Waals surface area contributed by atoms with E-state index in [2.05, 4.69) is 15.2 Å². The molecule has 1 amide bonds. The smallest absolute Gasteiger partial charge is 0.291 e. The van der Waals surface area contributed by atoms with Crippen LogP contribution < -0.4 is 4.74 Å². The summed E-state index contributed by atoms with van der Waals surface area (Å²) in [5.41, 5.74) is 0.728. The average Bonchev–Trinajstić information content (AvgIpc) is 3.33. The molecule has 0 bridgehead atoms. The Balaban J connectivity index is 1.42. The van der Waals surface area contributed by atoms with Crippen molar-refractivity contribution >= 4 is 16.8 Å². The minimum Gasteiger partial charge on any atom is -0.490 e. The number of aromatic nitrogens is 4. The van der Waals surface area contributed by atoms with Crippen molar-refractivity contribution in [2.24, 2.45) is 0 Å². The van der Waals surface area contributed by atoms with Gasteiger partial charge in [0.05, 0.1) is 12.1 Å². The van der Waals surface area contributed by atoms with Crippen molar-refractivity contribution in [1.82, 2.24) is 24.6 Å². The average molecular weight is 375 g/mol. The highest BCUT2D eigenvalue weighted by atomic mass is 19.3. The van der Waals surface area contributed by atoms with Crippen molar-refractivity contribution in [3.8, 4) is 5.75 Å². The number of rotatable bonds is 5. The van der Waals surface area contributed by atoms with Gasteiger partial charge in [-0.15, -0.1) is 0 Å². The Hall–Kier alpha value is -2.97. The zero-order valence-electron chi connectivity index (χ0n) is 14.5. The fraction of sp³-hybridized carbons (Fsp3) is 0.389. The molecule has 1 N–H and O–H groups in total. The second kappa shape index (κ2) is 7.34. The highest BCUT2D eigenvalue weighted by molar-refractivity contribution is 5.90. The van der Waals surface area contributed by atoms with Gasteiger partial charge in [0.1, 0.15) is 18.2 Å². The van der Waals surface area contributed by atoms with Crippen molar-refractivity contribution in [3.05, 3.63) is 42.6 Å². The Morgan fingerprint density at radius 3 is 2.81 bits per heavy atom. The number of nitrogens with one attached hydrogen (secondary N) is 1. The molecule has 4 rings (SSSR count). The number of likely N-dealkylation sites (tertiary alicyclic amines) is 1. The SMILES string of the molecule is O=C(c1ncn[nH]1)N1CCC(Oc2cccc3c2ccn3CC(F)F)CC1. The van der Waals surface area contributed by atoms with Crippen molar-refractivity contribution in [3.63, 3.8) is 0 Å². The van der Waals surface area contributed by atoms with Crippen LogP contribution >= 0.6 is 0 Å².